The average molecular weight is 882 g/mol. The summed E-state index contributed by atoms with van der Waals surface area (Å²) in [5.41, 5.74) is 1.42. The van der Waals surface area contributed by atoms with Gasteiger partial charge in [0.05, 0.1) is 16.7 Å². The number of nitrogens with one attached hydrogen (secondary N) is 3. The number of hydrogen-bond donors (Lipinski definition) is 3. The topological polar surface area (TPSA) is 129 Å². The van der Waals surface area contributed by atoms with Gasteiger partial charge in [-0.25, -0.2) is 15.0 Å². The first-order valence-electron chi connectivity index (χ1n) is 26.0. The Hall–Kier alpha value is -4.34. The molecule has 10 nitrogen and oxygen atoms in total. The smallest absolute Gasteiger partial charge is 0.252 e. The van der Waals surface area contributed by atoms with Crippen LogP contribution in [0.3, 0.4) is 0 Å². The molecule has 0 aliphatic rings. The van der Waals surface area contributed by atoms with E-state index in [4.69, 9.17) is 0 Å². The quantitative estimate of drug-likeness (QED) is 0.0487. The van der Waals surface area contributed by atoms with E-state index in [1.807, 2.05) is 0 Å². The van der Waals surface area contributed by atoms with Crippen molar-refractivity contribution in [1.82, 2.24) is 30.9 Å². The second-order valence-corrected chi connectivity index (χ2v) is 17.9. The highest BCUT2D eigenvalue weighted by atomic mass is 16.2. The molecule has 3 aromatic heterocycles. The maximum absolute atomic E-state index is 13.1. The Morgan fingerprint density at radius 1 is 0.344 bits per heavy atom. The maximum atomic E-state index is 13.1. The number of hydrogen-bond acceptors (Lipinski definition) is 7. The zero-order valence-corrected chi connectivity index (χ0v) is 40.5. The van der Waals surface area contributed by atoms with Crippen LogP contribution in [0.5, 0.6) is 0 Å². The van der Waals surface area contributed by atoms with E-state index in [9.17, 15) is 14.4 Å². The minimum atomic E-state index is -0.154. The van der Waals surface area contributed by atoms with E-state index >= 15 is 0 Å². The molecule has 3 amide bonds. The predicted octanol–water partition coefficient (Wildman–Crippen LogP) is 14.3. The van der Waals surface area contributed by atoms with Crippen LogP contribution < -0.4 is 20.9 Å². The van der Waals surface area contributed by atoms with Crippen molar-refractivity contribution < 1.29 is 14.4 Å². The largest absolute Gasteiger partial charge is 0.352 e. The van der Waals surface area contributed by atoms with Crippen LogP contribution in [0, 0.1) is 0 Å². The van der Waals surface area contributed by atoms with Crippen LogP contribution in [-0.4, -0.2) is 52.3 Å². The number of aromatic nitrogens is 3. The minimum Gasteiger partial charge on any atom is -0.352 e. The molecule has 3 aromatic rings. The highest BCUT2D eigenvalue weighted by Gasteiger charge is 2.19. The molecular weight excluding hydrogens is 795 g/mol. The monoisotopic (exact) mass is 882 g/mol. The van der Waals surface area contributed by atoms with Gasteiger partial charge in [0.25, 0.3) is 17.7 Å². The van der Waals surface area contributed by atoms with Crippen LogP contribution in [0.1, 0.15) is 244 Å². The number of carbonyl (C=O) groups excluding carboxylic acids is 3. The van der Waals surface area contributed by atoms with Crippen molar-refractivity contribution in [3.63, 3.8) is 0 Å². The van der Waals surface area contributed by atoms with Gasteiger partial charge in [0.1, 0.15) is 17.5 Å². The van der Waals surface area contributed by atoms with E-state index in [1.165, 1.54) is 154 Å². The van der Waals surface area contributed by atoms with Gasteiger partial charge in [0.2, 0.25) is 0 Å². The molecule has 0 aliphatic heterocycles. The van der Waals surface area contributed by atoms with Gasteiger partial charge in [0, 0.05) is 38.2 Å². The molecule has 0 saturated heterocycles. The molecule has 0 radical (unpaired) electrons. The molecule has 0 fully saturated rings. The lowest BCUT2D eigenvalue weighted by molar-refractivity contribution is 0.0944. The molecule has 0 unspecified atom stereocenters. The molecule has 3 rings (SSSR count). The Bertz CT molecular complexity index is 1440. The van der Waals surface area contributed by atoms with Crippen LogP contribution >= 0.6 is 0 Å². The Kier molecular flexibility index (Phi) is 30.3. The van der Waals surface area contributed by atoms with Crippen LogP contribution in [-0.2, 0) is 0 Å². The van der Waals surface area contributed by atoms with E-state index in [0.29, 0.717) is 53.8 Å². The minimum absolute atomic E-state index is 0.154. The second-order valence-electron chi connectivity index (χ2n) is 17.9. The van der Waals surface area contributed by atoms with Crippen LogP contribution in [0.4, 0.5) is 17.5 Å². The van der Waals surface area contributed by atoms with Gasteiger partial charge in [-0.2, -0.15) is 0 Å². The third-order valence-electron chi connectivity index (χ3n) is 12.2. The summed E-state index contributed by atoms with van der Waals surface area (Å²) < 4.78 is 0. The van der Waals surface area contributed by atoms with Crippen molar-refractivity contribution in [3.8, 4) is 0 Å². The molecule has 3 heterocycles. The first kappa shape index (κ1) is 54.0. The molecule has 0 saturated carbocycles. The lowest BCUT2D eigenvalue weighted by Crippen LogP contribution is -2.25. The van der Waals surface area contributed by atoms with E-state index in [1.54, 1.807) is 59.9 Å². The van der Waals surface area contributed by atoms with Gasteiger partial charge >= 0.3 is 0 Å². The SMILES string of the molecule is CCCCCCCCCCCCNC(=O)c1ccc(N(c2ccc(C(=O)NCCCCCCCCCCCC)cn2)c2ccc(C(=O)NCCCCCCCCCCCC)cn2)nc1. The van der Waals surface area contributed by atoms with Crippen molar-refractivity contribution in [3.05, 3.63) is 71.7 Å². The van der Waals surface area contributed by atoms with Crippen LogP contribution in [0.15, 0.2) is 55.0 Å². The van der Waals surface area contributed by atoms with Crippen molar-refractivity contribution in [1.29, 1.82) is 0 Å². The summed E-state index contributed by atoms with van der Waals surface area (Å²) in [4.78, 5) is 55.0. The van der Waals surface area contributed by atoms with Gasteiger partial charge in [-0.05, 0) is 55.7 Å². The highest BCUT2D eigenvalue weighted by Crippen LogP contribution is 2.30. The number of anilines is 3. The zero-order valence-electron chi connectivity index (χ0n) is 40.5. The first-order chi connectivity index (χ1) is 31.5. The van der Waals surface area contributed by atoms with Crippen LogP contribution in [0.25, 0.3) is 0 Å². The molecule has 10 heteroatoms. The first-order valence-corrected chi connectivity index (χ1v) is 26.0. The molecular formula is C54H87N7O3. The number of carbonyl (C=O) groups is 3. The summed E-state index contributed by atoms with van der Waals surface area (Å²) in [5, 5.41) is 9.15. The summed E-state index contributed by atoms with van der Waals surface area (Å²) >= 11 is 0. The Morgan fingerprint density at radius 2 is 0.562 bits per heavy atom. The van der Waals surface area contributed by atoms with Crippen molar-refractivity contribution in [2.45, 2.75) is 213 Å². The maximum Gasteiger partial charge on any atom is 0.252 e. The fraction of sp³-hybridized carbons (Fsp3) is 0.667. The van der Waals surface area contributed by atoms with E-state index < -0.39 is 0 Å². The summed E-state index contributed by atoms with van der Waals surface area (Å²) in [6, 6.07) is 10.6. The summed E-state index contributed by atoms with van der Waals surface area (Å²) in [5.74, 6) is 1.05. The number of amides is 3. The fourth-order valence-electron chi connectivity index (χ4n) is 8.06. The second kappa shape index (κ2) is 35.9. The third-order valence-corrected chi connectivity index (χ3v) is 12.2. The normalized spacial score (nSPS) is 11.1. The molecule has 0 aromatic carbocycles. The molecule has 356 valence electrons. The zero-order chi connectivity index (χ0) is 45.7. The van der Waals surface area contributed by atoms with Gasteiger partial charge in [-0.1, -0.05) is 194 Å². The summed E-state index contributed by atoms with van der Waals surface area (Å²) in [6.45, 7) is 8.66. The van der Waals surface area contributed by atoms with Gasteiger partial charge < -0.3 is 16.0 Å². The van der Waals surface area contributed by atoms with Gasteiger partial charge in [-0.15, -0.1) is 0 Å². The van der Waals surface area contributed by atoms with E-state index in [2.05, 4.69) is 51.7 Å². The lowest BCUT2D eigenvalue weighted by Gasteiger charge is -2.22. The van der Waals surface area contributed by atoms with Crippen molar-refractivity contribution >= 4 is 35.2 Å². The van der Waals surface area contributed by atoms with Crippen LogP contribution in [0.2, 0.25) is 0 Å². The molecule has 3 N–H and O–H groups in total. The number of rotatable bonds is 39. The standard InChI is InChI=1S/C54H87N7O3/c1-4-7-10-13-16-19-22-25-28-31-40-55-52(62)46-34-37-49(58-43-46)61(50-38-35-47(44-59-50)53(63)56-41-32-29-26-23-20-17-14-11-8-5-2)51-39-36-48(45-60-51)54(64)57-42-33-30-27-24-21-18-15-12-9-6-3/h34-39,43-45H,4-33,40-42H2,1-3H3,(H,55,62)(H,56,63)(H,57,64). The molecule has 0 spiro atoms. The van der Waals surface area contributed by atoms with E-state index in [-0.39, 0.29) is 17.7 Å². The highest BCUT2D eigenvalue weighted by molar-refractivity contribution is 5.95. The number of unbranched alkanes of at least 4 members (excludes halogenated alkanes) is 27. The van der Waals surface area contributed by atoms with Crippen molar-refractivity contribution in [2.75, 3.05) is 24.5 Å². The van der Waals surface area contributed by atoms with E-state index in [0.717, 1.165) is 38.5 Å². The van der Waals surface area contributed by atoms with Gasteiger partial charge in [0.15, 0.2) is 0 Å². The molecule has 64 heavy (non-hydrogen) atoms. The number of nitrogens with zero attached hydrogens (tertiary/aromatic N) is 4. The predicted molar refractivity (Wildman–Crippen MR) is 267 cm³/mol. The summed E-state index contributed by atoms with van der Waals surface area (Å²) in [6.07, 6.45) is 42.1. The Balaban J connectivity index is 1.56. The lowest BCUT2D eigenvalue weighted by atomic mass is 10.1. The molecule has 0 atom stereocenters. The Labute approximate surface area is 388 Å². The fourth-order valence-corrected chi connectivity index (χ4v) is 8.06. The Morgan fingerprint density at radius 3 is 0.766 bits per heavy atom. The average Bonchev–Trinajstić information content (AvgIpc) is 3.32. The molecule has 0 bridgehead atoms. The van der Waals surface area contributed by atoms with Gasteiger partial charge in [-0.3, -0.25) is 19.3 Å². The third kappa shape index (κ3) is 23.5. The number of pyridine rings is 3. The molecule has 0 aliphatic carbocycles. The van der Waals surface area contributed by atoms with Crippen molar-refractivity contribution in [2.24, 2.45) is 0 Å². The summed E-state index contributed by atoms with van der Waals surface area (Å²) in [7, 11) is 0.